The van der Waals surface area contributed by atoms with Crippen LogP contribution in [0, 0.1) is 6.92 Å². The molecule has 0 saturated carbocycles. The second kappa shape index (κ2) is 7.54. The van der Waals surface area contributed by atoms with Crippen molar-refractivity contribution in [1.29, 1.82) is 0 Å². The average molecular weight is 451 g/mol. The summed E-state index contributed by atoms with van der Waals surface area (Å²) < 4.78 is 34.3. The Kier molecular flexibility index (Phi) is 5.29. The van der Waals surface area contributed by atoms with Crippen LogP contribution >= 0.6 is 15.9 Å². The number of para-hydroxylation sites is 1. The smallest absolute Gasteiger partial charge is 0.243 e. The van der Waals surface area contributed by atoms with Gasteiger partial charge in [-0.3, -0.25) is 0 Å². The van der Waals surface area contributed by atoms with E-state index in [-0.39, 0.29) is 0 Å². The Hall–Kier alpha value is -1.41. The third kappa shape index (κ3) is 3.66. The van der Waals surface area contributed by atoms with Gasteiger partial charge in [0, 0.05) is 34.9 Å². The number of ether oxygens (including phenoxy) is 1. The molecule has 0 N–H and O–H groups in total. The average Bonchev–Trinajstić information content (AvgIpc) is 2.69. The van der Waals surface area contributed by atoms with Crippen LogP contribution in [0.4, 0.5) is 5.69 Å². The molecule has 2 aliphatic rings. The maximum Gasteiger partial charge on any atom is 0.243 e. The van der Waals surface area contributed by atoms with Gasteiger partial charge < -0.3 is 9.64 Å². The van der Waals surface area contributed by atoms with E-state index in [0.717, 1.165) is 22.9 Å². The number of piperidine rings is 1. The molecule has 0 aliphatic carbocycles. The van der Waals surface area contributed by atoms with Gasteiger partial charge in [0.2, 0.25) is 10.0 Å². The number of aryl methyl sites for hydroxylation is 1. The molecule has 2 aromatic carbocycles. The van der Waals surface area contributed by atoms with Gasteiger partial charge in [-0.05, 0) is 49.6 Å². The van der Waals surface area contributed by atoms with Crippen molar-refractivity contribution in [3.8, 4) is 0 Å². The van der Waals surface area contributed by atoms with Crippen LogP contribution in [0.25, 0.3) is 0 Å². The highest BCUT2D eigenvalue weighted by atomic mass is 79.9. The fourth-order valence-corrected chi connectivity index (χ4v) is 5.66. The lowest BCUT2D eigenvalue weighted by Gasteiger charge is -2.41. The predicted octanol–water partition coefficient (Wildman–Crippen LogP) is 3.90. The van der Waals surface area contributed by atoms with Gasteiger partial charge in [0.05, 0.1) is 11.5 Å². The first-order chi connectivity index (χ1) is 13.0. The number of anilines is 1. The Morgan fingerprint density at radius 2 is 1.85 bits per heavy atom. The minimum absolute atomic E-state index is 0.296. The SMILES string of the molecule is Cc1cc(S(=O)(=O)N2CCC(N3COCc4ccccc43)CC2)ccc1Br. The lowest BCUT2D eigenvalue weighted by molar-refractivity contribution is 0.0988. The predicted molar refractivity (Wildman–Crippen MR) is 109 cm³/mol. The second-order valence-electron chi connectivity index (χ2n) is 7.12. The molecule has 0 atom stereocenters. The Bertz CT molecular complexity index is 940. The molecule has 0 unspecified atom stereocenters. The zero-order chi connectivity index (χ0) is 19.0. The van der Waals surface area contributed by atoms with Gasteiger partial charge in [0.1, 0.15) is 6.73 Å². The number of fused-ring (bicyclic) bond motifs is 1. The van der Waals surface area contributed by atoms with E-state index in [1.54, 1.807) is 22.5 Å². The van der Waals surface area contributed by atoms with Crippen molar-refractivity contribution in [3.05, 3.63) is 58.1 Å². The van der Waals surface area contributed by atoms with Crippen LogP contribution in [0.1, 0.15) is 24.0 Å². The van der Waals surface area contributed by atoms with Crippen LogP contribution in [0.3, 0.4) is 0 Å². The first-order valence-corrected chi connectivity index (χ1v) is 11.4. The van der Waals surface area contributed by atoms with E-state index >= 15 is 0 Å². The summed E-state index contributed by atoms with van der Waals surface area (Å²) in [6, 6.07) is 13.8. The number of halogens is 1. The molecule has 2 aromatic rings. The van der Waals surface area contributed by atoms with E-state index in [4.69, 9.17) is 4.74 Å². The van der Waals surface area contributed by atoms with E-state index in [1.165, 1.54) is 11.3 Å². The van der Waals surface area contributed by atoms with Gasteiger partial charge in [-0.25, -0.2) is 8.42 Å². The van der Waals surface area contributed by atoms with Crippen LogP contribution < -0.4 is 4.90 Å². The summed E-state index contributed by atoms with van der Waals surface area (Å²) in [4.78, 5) is 2.65. The topological polar surface area (TPSA) is 49.9 Å². The largest absolute Gasteiger partial charge is 0.356 e. The summed E-state index contributed by atoms with van der Waals surface area (Å²) in [6.07, 6.45) is 1.60. The summed E-state index contributed by atoms with van der Waals surface area (Å²) in [7, 11) is -3.45. The van der Waals surface area contributed by atoms with Gasteiger partial charge >= 0.3 is 0 Å². The van der Waals surface area contributed by atoms with Gasteiger partial charge in [0.25, 0.3) is 0 Å². The molecule has 5 nitrogen and oxygen atoms in total. The number of nitrogens with zero attached hydrogens (tertiary/aromatic N) is 2. The maximum absolute atomic E-state index is 13.0. The highest BCUT2D eigenvalue weighted by Crippen LogP contribution is 2.32. The van der Waals surface area contributed by atoms with Gasteiger partial charge in [-0.2, -0.15) is 4.31 Å². The fraction of sp³-hybridized carbons (Fsp3) is 0.400. The minimum Gasteiger partial charge on any atom is -0.356 e. The second-order valence-corrected chi connectivity index (χ2v) is 9.91. The van der Waals surface area contributed by atoms with Crippen molar-refractivity contribution in [2.75, 3.05) is 24.7 Å². The summed E-state index contributed by atoms with van der Waals surface area (Å²) in [5, 5.41) is 0. The molecule has 1 fully saturated rings. The molecule has 4 rings (SSSR count). The molecule has 0 amide bonds. The maximum atomic E-state index is 13.0. The fourth-order valence-electron chi connectivity index (χ4n) is 3.86. The standard InChI is InChI=1S/C20H23BrN2O3S/c1-15-12-18(6-7-19(15)21)27(24,25)22-10-8-17(9-11-22)23-14-26-13-16-4-2-3-5-20(16)23/h2-7,12,17H,8-11,13-14H2,1H3. The minimum atomic E-state index is -3.45. The molecule has 27 heavy (non-hydrogen) atoms. The molecule has 144 valence electrons. The summed E-state index contributed by atoms with van der Waals surface area (Å²) >= 11 is 3.43. The molecule has 7 heteroatoms. The molecule has 0 radical (unpaired) electrons. The van der Waals surface area contributed by atoms with Gasteiger partial charge in [0.15, 0.2) is 0 Å². The van der Waals surface area contributed by atoms with Crippen molar-refractivity contribution >= 4 is 31.6 Å². The first-order valence-electron chi connectivity index (χ1n) is 9.15. The van der Waals surface area contributed by atoms with E-state index < -0.39 is 10.0 Å². The monoisotopic (exact) mass is 450 g/mol. The summed E-state index contributed by atoms with van der Waals surface area (Å²) in [5.41, 5.74) is 3.34. The van der Waals surface area contributed by atoms with E-state index in [2.05, 4.69) is 33.0 Å². The molecule has 2 aliphatic heterocycles. The molecular weight excluding hydrogens is 428 g/mol. The first kappa shape index (κ1) is 18.9. The number of hydrogen-bond donors (Lipinski definition) is 0. The zero-order valence-electron chi connectivity index (χ0n) is 15.3. The third-order valence-corrected chi connectivity index (χ3v) is 8.20. The lowest BCUT2D eigenvalue weighted by Crippen LogP contribution is -2.48. The van der Waals surface area contributed by atoms with Gasteiger partial charge in [-0.15, -0.1) is 0 Å². The Labute approximate surface area is 169 Å². The molecule has 0 spiro atoms. The van der Waals surface area contributed by atoms with Crippen LogP contribution in [-0.2, 0) is 21.4 Å². The molecular formula is C20H23BrN2O3S. The van der Waals surface area contributed by atoms with E-state index in [0.29, 0.717) is 37.4 Å². The Morgan fingerprint density at radius 3 is 2.59 bits per heavy atom. The molecule has 0 aromatic heterocycles. The van der Waals surface area contributed by atoms with Crippen molar-refractivity contribution < 1.29 is 13.2 Å². The number of benzene rings is 2. The van der Waals surface area contributed by atoms with Gasteiger partial charge in [-0.1, -0.05) is 34.1 Å². The van der Waals surface area contributed by atoms with E-state index in [1.807, 2.05) is 19.1 Å². The molecule has 0 bridgehead atoms. The zero-order valence-corrected chi connectivity index (χ0v) is 17.7. The highest BCUT2D eigenvalue weighted by Gasteiger charge is 2.33. The quantitative estimate of drug-likeness (QED) is 0.711. The van der Waals surface area contributed by atoms with Crippen molar-refractivity contribution in [2.45, 2.75) is 37.3 Å². The Balaban J connectivity index is 1.48. The third-order valence-electron chi connectivity index (χ3n) is 5.42. The summed E-state index contributed by atoms with van der Waals surface area (Å²) in [6.45, 7) is 4.17. The lowest BCUT2D eigenvalue weighted by atomic mass is 10.0. The van der Waals surface area contributed by atoms with Crippen molar-refractivity contribution in [3.63, 3.8) is 0 Å². The van der Waals surface area contributed by atoms with Crippen LogP contribution in [-0.4, -0.2) is 38.6 Å². The van der Waals surface area contributed by atoms with Crippen molar-refractivity contribution in [2.24, 2.45) is 0 Å². The highest BCUT2D eigenvalue weighted by molar-refractivity contribution is 9.10. The van der Waals surface area contributed by atoms with Crippen LogP contribution in [0.5, 0.6) is 0 Å². The molecule has 2 heterocycles. The number of rotatable bonds is 3. The van der Waals surface area contributed by atoms with E-state index in [9.17, 15) is 8.42 Å². The van der Waals surface area contributed by atoms with Crippen molar-refractivity contribution in [1.82, 2.24) is 4.31 Å². The van der Waals surface area contributed by atoms with Crippen LogP contribution in [0.2, 0.25) is 0 Å². The summed E-state index contributed by atoms with van der Waals surface area (Å²) in [5.74, 6) is 0. The normalized spacial score (nSPS) is 19.1. The Morgan fingerprint density at radius 1 is 1.11 bits per heavy atom. The molecule has 1 saturated heterocycles. The number of sulfonamides is 1. The number of hydrogen-bond acceptors (Lipinski definition) is 4. The van der Waals surface area contributed by atoms with Crippen LogP contribution in [0.15, 0.2) is 51.8 Å².